The second-order valence-corrected chi connectivity index (χ2v) is 6.12. The van der Waals surface area contributed by atoms with Crippen molar-refractivity contribution < 1.29 is 4.74 Å². The summed E-state index contributed by atoms with van der Waals surface area (Å²) in [5.41, 5.74) is 4.47. The highest BCUT2D eigenvalue weighted by atomic mass is 16.5. The maximum absolute atomic E-state index is 5.15. The third kappa shape index (κ3) is 4.95. The molecule has 0 fully saturated rings. The molecule has 2 rings (SSSR count). The fourth-order valence-electron chi connectivity index (χ4n) is 2.74. The molecule has 1 unspecified atom stereocenters. The normalized spacial score (nSPS) is 12.8. The van der Waals surface area contributed by atoms with E-state index in [1.165, 1.54) is 11.3 Å². The van der Waals surface area contributed by atoms with Gasteiger partial charge in [0.2, 0.25) is 5.88 Å². The Bertz CT molecular complexity index is 737. The molecule has 1 atom stereocenters. The van der Waals surface area contributed by atoms with Crippen LogP contribution in [0, 0.1) is 13.8 Å². The number of rotatable bonds is 6. The number of ether oxygens (including phenoxy) is 1. The summed E-state index contributed by atoms with van der Waals surface area (Å²) in [4.78, 5) is 8.68. The van der Waals surface area contributed by atoms with E-state index >= 15 is 0 Å². The highest BCUT2D eigenvalue weighted by Gasteiger charge is 2.14. The number of hydrogen-bond acceptors (Lipinski definition) is 4. The van der Waals surface area contributed by atoms with Gasteiger partial charge in [0.05, 0.1) is 25.0 Å². The summed E-state index contributed by atoms with van der Waals surface area (Å²) in [6, 6.07) is 5.94. The zero-order chi connectivity index (χ0) is 18.4. The van der Waals surface area contributed by atoms with Crippen LogP contribution >= 0.6 is 0 Å². The highest BCUT2D eigenvalue weighted by Crippen LogP contribution is 2.14. The van der Waals surface area contributed by atoms with E-state index in [9.17, 15) is 0 Å². The van der Waals surface area contributed by atoms with Crippen molar-refractivity contribution in [2.24, 2.45) is 12.0 Å². The third-order valence-electron chi connectivity index (χ3n) is 4.20. The molecule has 0 aliphatic carbocycles. The van der Waals surface area contributed by atoms with Crippen molar-refractivity contribution in [2.45, 2.75) is 39.8 Å². The Hall–Kier alpha value is -2.57. The maximum atomic E-state index is 5.15. The van der Waals surface area contributed by atoms with Gasteiger partial charge in [-0.05, 0) is 38.8 Å². The molecule has 136 valence electrons. The van der Waals surface area contributed by atoms with Crippen LogP contribution in [0.4, 0.5) is 0 Å². The summed E-state index contributed by atoms with van der Waals surface area (Å²) in [5, 5.41) is 11.2. The quantitative estimate of drug-likeness (QED) is 0.617. The van der Waals surface area contributed by atoms with Gasteiger partial charge < -0.3 is 15.4 Å². The van der Waals surface area contributed by atoms with E-state index in [-0.39, 0.29) is 6.04 Å². The standard InChI is InChI=1S/C18H28N6O/c1-12(10-16-13(2)23-24(5)14(16)3)21-18(19-4)20-11-15-8-7-9-17(22-15)25-6/h7-9,12H,10-11H2,1-6H3,(H2,19,20,21). The summed E-state index contributed by atoms with van der Waals surface area (Å²) in [7, 11) is 5.36. The van der Waals surface area contributed by atoms with Crippen LogP contribution in [0.2, 0.25) is 0 Å². The third-order valence-corrected chi connectivity index (χ3v) is 4.20. The number of methoxy groups -OCH3 is 1. The second kappa shape index (κ2) is 8.50. The Balaban J connectivity index is 1.92. The number of nitrogens with zero attached hydrogens (tertiary/aromatic N) is 4. The Morgan fingerprint density at radius 2 is 2.12 bits per heavy atom. The molecule has 0 aliphatic rings. The smallest absolute Gasteiger partial charge is 0.213 e. The Labute approximate surface area is 149 Å². The topological polar surface area (TPSA) is 76.4 Å². The lowest BCUT2D eigenvalue weighted by molar-refractivity contribution is 0.396. The van der Waals surface area contributed by atoms with Crippen molar-refractivity contribution in [1.82, 2.24) is 25.4 Å². The lowest BCUT2D eigenvalue weighted by Gasteiger charge is -2.18. The molecule has 0 spiro atoms. The van der Waals surface area contributed by atoms with Crippen LogP contribution in [0.25, 0.3) is 0 Å². The van der Waals surface area contributed by atoms with Crippen molar-refractivity contribution in [3.8, 4) is 5.88 Å². The first-order valence-electron chi connectivity index (χ1n) is 8.40. The first kappa shape index (κ1) is 18.8. The second-order valence-electron chi connectivity index (χ2n) is 6.12. The summed E-state index contributed by atoms with van der Waals surface area (Å²) in [6.45, 7) is 6.87. The number of aromatic nitrogens is 3. The van der Waals surface area contributed by atoms with Gasteiger partial charge in [-0.25, -0.2) is 4.98 Å². The molecule has 2 aromatic heterocycles. The number of pyridine rings is 1. The minimum Gasteiger partial charge on any atom is -0.481 e. The van der Waals surface area contributed by atoms with Gasteiger partial charge in [0.25, 0.3) is 0 Å². The van der Waals surface area contributed by atoms with Crippen molar-refractivity contribution in [2.75, 3.05) is 14.2 Å². The van der Waals surface area contributed by atoms with Crippen molar-refractivity contribution in [1.29, 1.82) is 0 Å². The number of hydrogen-bond donors (Lipinski definition) is 2. The molecular weight excluding hydrogens is 316 g/mol. The summed E-state index contributed by atoms with van der Waals surface area (Å²) >= 11 is 0. The molecular formula is C18H28N6O. The fourth-order valence-corrected chi connectivity index (χ4v) is 2.74. The predicted molar refractivity (Wildman–Crippen MR) is 100.0 cm³/mol. The van der Waals surface area contributed by atoms with Crippen molar-refractivity contribution in [3.05, 3.63) is 40.8 Å². The Kier molecular flexibility index (Phi) is 6.38. The molecule has 0 saturated heterocycles. The molecule has 2 N–H and O–H groups in total. The molecule has 25 heavy (non-hydrogen) atoms. The van der Waals surface area contributed by atoms with Gasteiger partial charge in [-0.15, -0.1) is 0 Å². The van der Waals surface area contributed by atoms with E-state index in [2.05, 4.69) is 46.5 Å². The molecule has 0 aromatic carbocycles. The van der Waals surface area contributed by atoms with E-state index in [0.29, 0.717) is 12.4 Å². The Morgan fingerprint density at radius 3 is 2.72 bits per heavy atom. The van der Waals surface area contributed by atoms with Gasteiger partial charge in [-0.3, -0.25) is 9.67 Å². The zero-order valence-electron chi connectivity index (χ0n) is 15.9. The Morgan fingerprint density at radius 1 is 1.36 bits per heavy atom. The summed E-state index contributed by atoms with van der Waals surface area (Å²) < 4.78 is 7.08. The summed E-state index contributed by atoms with van der Waals surface area (Å²) in [5.74, 6) is 1.36. The van der Waals surface area contributed by atoms with Crippen molar-refractivity contribution in [3.63, 3.8) is 0 Å². The molecule has 0 aliphatic heterocycles. The van der Waals surface area contributed by atoms with Crippen LogP contribution in [-0.4, -0.2) is 40.9 Å². The molecule has 0 bridgehead atoms. The van der Waals surface area contributed by atoms with Gasteiger partial charge in [-0.2, -0.15) is 5.10 Å². The first-order valence-corrected chi connectivity index (χ1v) is 8.40. The number of nitrogens with one attached hydrogen (secondary N) is 2. The predicted octanol–water partition coefficient (Wildman–Crippen LogP) is 1.74. The maximum Gasteiger partial charge on any atom is 0.213 e. The van der Waals surface area contributed by atoms with E-state index in [4.69, 9.17) is 4.74 Å². The first-order chi connectivity index (χ1) is 11.9. The van der Waals surface area contributed by atoms with Crippen molar-refractivity contribution >= 4 is 5.96 Å². The van der Waals surface area contributed by atoms with Crippen LogP contribution in [0.15, 0.2) is 23.2 Å². The lowest BCUT2D eigenvalue weighted by atomic mass is 10.1. The van der Waals surface area contributed by atoms with Crippen LogP contribution in [-0.2, 0) is 20.0 Å². The van der Waals surface area contributed by atoms with Crippen LogP contribution in [0.3, 0.4) is 0 Å². The molecule has 0 radical (unpaired) electrons. The summed E-state index contributed by atoms with van der Waals surface area (Å²) in [6.07, 6.45) is 0.892. The van der Waals surface area contributed by atoms with E-state index in [0.717, 1.165) is 23.8 Å². The molecule has 7 heteroatoms. The zero-order valence-corrected chi connectivity index (χ0v) is 15.9. The fraction of sp³-hybridized carbons (Fsp3) is 0.500. The van der Waals surface area contributed by atoms with Gasteiger partial charge in [0.15, 0.2) is 5.96 Å². The van der Waals surface area contributed by atoms with Gasteiger partial charge >= 0.3 is 0 Å². The number of guanidine groups is 1. The molecule has 7 nitrogen and oxygen atoms in total. The number of aliphatic imine (C=N–C) groups is 1. The molecule has 0 saturated carbocycles. The van der Waals surface area contributed by atoms with Gasteiger partial charge in [0, 0.05) is 31.9 Å². The van der Waals surface area contributed by atoms with Crippen LogP contribution in [0.1, 0.15) is 29.6 Å². The van der Waals surface area contributed by atoms with E-state index < -0.39 is 0 Å². The van der Waals surface area contributed by atoms with Crippen LogP contribution in [0.5, 0.6) is 5.88 Å². The minimum atomic E-state index is 0.228. The molecule has 0 amide bonds. The average Bonchev–Trinajstić information content (AvgIpc) is 2.84. The van der Waals surface area contributed by atoms with E-state index in [1.807, 2.05) is 29.9 Å². The highest BCUT2D eigenvalue weighted by molar-refractivity contribution is 5.79. The monoisotopic (exact) mass is 344 g/mol. The minimum absolute atomic E-state index is 0.228. The molecule has 2 heterocycles. The largest absolute Gasteiger partial charge is 0.481 e. The SMILES string of the molecule is CN=C(NCc1cccc(OC)n1)NC(C)Cc1c(C)nn(C)c1C. The molecule has 2 aromatic rings. The van der Waals surface area contributed by atoms with Crippen LogP contribution < -0.4 is 15.4 Å². The number of aryl methyl sites for hydroxylation is 2. The van der Waals surface area contributed by atoms with Gasteiger partial charge in [-0.1, -0.05) is 6.07 Å². The van der Waals surface area contributed by atoms with Gasteiger partial charge in [0.1, 0.15) is 0 Å². The van der Waals surface area contributed by atoms with E-state index in [1.54, 1.807) is 14.2 Å². The average molecular weight is 344 g/mol. The lowest BCUT2D eigenvalue weighted by Crippen LogP contribution is -2.42.